The highest BCUT2D eigenvalue weighted by Gasteiger charge is 2.23. The molecule has 6 nitrogen and oxygen atoms in total. The van der Waals surface area contributed by atoms with Gasteiger partial charge in [-0.3, -0.25) is 10.1 Å². The SMILES string of the molecule is COc1ccc(/C=N\N=C2/NC(=O)/C(=C\c3ccc(OC)cc3)S2)cc1. The largest absolute Gasteiger partial charge is 0.497 e. The third kappa shape index (κ3) is 4.52. The van der Waals surface area contributed by atoms with Gasteiger partial charge in [0.25, 0.3) is 5.91 Å². The monoisotopic (exact) mass is 367 g/mol. The van der Waals surface area contributed by atoms with Crippen molar-refractivity contribution < 1.29 is 14.3 Å². The molecular weight excluding hydrogens is 350 g/mol. The summed E-state index contributed by atoms with van der Waals surface area (Å²) in [6, 6.07) is 14.9. The van der Waals surface area contributed by atoms with Gasteiger partial charge in [-0.15, -0.1) is 5.10 Å². The first kappa shape index (κ1) is 17.8. The van der Waals surface area contributed by atoms with Gasteiger partial charge in [-0.2, -0.15) is 5.10 Å². The van der Waals surface area contributed by atoms with Gasteiger partial charge in [-0.1, -0.05) is 12.1 Å². The topological polar surface area (TPSA) is 72.3 Å². The molecule has 7 heteroatoms. The van der Waals surface area contributed by atoms with E-state index in [-0.39, 0.29) is 5.91 Å². The Kier molecular flexibility index (Phi) is 5.70. The van der Waals surface area contributed by atoms with Crippen molar-refractivity contribution in [3.8, 4) is 11.5 Å². The lowest BCUT2D eigenvalue weighted by Crippen LogP contribution is -2.19. The molecule has 0 spiro atoms. The van der Waals surface area contributed by atoms with Crippen molar-refractivity contribution in [1.82, 2.24) is 5.32 Å². The Bertz CT molecular complexity index is 872. The maximum Gasteiger partial charge on any atom is 0.264 e. The van der Waals surface area contributed by atoms with Crippen LogP contribution in [0.3, 0.4) is 0 Å². The molecule has 1 fully saturated rings. The van der Waals surface area contributed by atoms with Gasteiger partial charge in [0.05, 0.1) is 25.3 Å². The van der Waals surface area contributed by atoms with Crippen LogP contribution in [0.2, 0.25) is 0 Å². The molecule has 132 valence electrons. The first-order chi connectivity index (χ1) is 12.7. The molecule has 0 unspecified atom stereocenters. The Morgan fingerprint density at radius 2 is 1.50 bits per heavy atom. The molecule has 1 saturated heterocycles. The molecule has 0 radical (unpaired) electrons. The number of nitrogens with one attached hydrogen (secondary N) is 1. The van der Waals surface area contributed by atoms with Crippen molar-refractivity contribution in [2.45, 2.75) is 0 Å². The molecule has 1 N–H and O–H groups in total. The van der Waals surface area contributed by atoms with Crippen LogP contribution in [0.25, 0.3) is 6.08 Å². The second kappa shape index (κ2) is 8.35. The van der Waals surface area contributed by atoms with Gasteiger partial charge in [0.15, 0.2) is 5.17 Å². The van der Waals surface area contributed by atoms with Crippen molar-refractivity contribution in [2.24, 2.45) is 10.2 Å². The van der Waals surface area contributed by atoms with E-state index in [0.717, 1.165) is 22.6 Å². The number of hydrogen-bond donors (Lipinski definition) is 1. The Labute approximate surface area is 155 Å². The smallest absolute Gasteiger partial charge is 0.264 e. The van der Waals surface area contributed by atoms with Crippen molar-refractivity contribution in [2.75, 3.05) is 14.2 Å². The molecule has 0 bridgehead atoms. The number of thioether (sulfide) groups is 1. The second-order valence-electron chi connectivity index (χ2n) is 5.26. The number of carbonyl (C=O) groups is 1. The summed E-state index contributed by atoms with van der Waals surface area (Å²) in [7, 11) is 3.23. The Morgan fingerprint density at radius 3 is 2.08 bits per heavy atom. The number of methoxy groups -OCH3 is 2. The number of ether oxygens (including phenoxy) is 2. The molecule has 0 atom stereocenters. The minimum atomic E-state index is -0.191. The molecule has 1 heterocycles. The van der Waals surface area contributed by atoms with E-state index in [1.807, 2.05) is 48.5 Å². The van der Waals surface area contributed by atoms with Gasteiger partial charge in [-0.05, 0) is 65.4 Å². The lowest BCUT2D eigenvalue weighted by molar-refractivity contribution is -0.115. The van der Waals surface area contributed by atoms with Gasteiger partial charge in [-0.25, -0.2) is 0 Å². The van der Waals surface area contributed by atoms with Crippen molar-refractivity contribution in [3.63, 3.8) is 0 Å². The van der Waals surface area contributed by atoms with Crippen LogP contribution in [-0.4, -0.2) is 31.5 Å². The maximum atomic E-state index is 12.0. The zero-order chi connectivity index (χ0) is 18.4. The highest BCUT2D eigenvalue weighted by atomic mass is 32.2. The Morgan fingerprint density at radius 1 is 0.923 bits per heavy atom. The van der Waals surface area contributed by atoms with Crippen LogP contribution in [0, 0.1) is 0 Å². The van der Waals surface area contributed by atoms with E-state index in [9.17, 15) is 4.79 Å². The van der Waals surface area contributed by atoms with Crippen LogP contribution < -0.4 is 14.8 Å². The summed E-state index contributed by atoms with van der Waals surface area (Å²) in [5.74, 6) is 1.36. The Balaban J connectivity index is 1.66. The molecule has 1 aliphatic heterocycles. The normalized spacial score (nSPS) is 17.1. The van der Waals surface area contributed by atoms with E-state index in [2.05, 4.69) is 15.5 Å². The average molecular weight is 367 g/mol. The van der Waals surface area contributed by atoms with Crippen molar-refractivity contribution in [1.29, 1.82) is 0 Å². The molecule has 0 aromatic heterocycles. The number of carbonyl (C=O) groups excluding carboxylic acids is 1. The molecule has 0 saturated carbocycles. The molecule has 1 aliphatic rings. The van der Waals surface area contributed by atoms with Crippen molar-refractivity contribution >= 4 is 35.1 Å². The second-order valence-corrected chi connectivity index (χ2v) is 6.29. The van der Waals surface area contributed by atoms with E-state index < -0.39 is 0 Å². The average Bonchev–Trinajstić information content (AvgIpc) is 3.02. The summed E-state index contributed by atoms with van der Waals surface area (Å²) in [5, 5.41) is 11.2. The van der Waals surface area contributed by atoms with E-state index in [1.54, 1.807) is 26.5 Å². The minimum absolute atomic E-state index is 0.191. The van der Waals surface area contributed by atoms with Crippen molar-refractivity contribution in [3.05, 3.63) is 64.6 Å². The quantitative estimate of drug-likeness (QED) is 0.500. The van der Waals surface area contributed by atoms with Crippen LogP contribution in [0.1, 0.15) is 11.1 Å². The van der Waals surface area contributed by atoms with Gasteiger partial charge in [0.1, 0.15) is 11.5 Å². The van der Waals surface area contributed by atoms with Crippen LogP contribution in [0.5, 0.6) is 11.5 Å². The minimum Gasteiger partial charge on any atom is -0.497 e. The summed E-state index contributed by atoms with van der Waals surface area (Å²) < 4.78 is 10.2. The molecule has 2 aromatic rings. The maximum absolute atomic E-state index is 12.0. The lowest BCUT2D eigenvalue weighted by atomic mass is 10.2. The molecule has 2 aromatic carbocycles. The van der Waals surface area contributed by atoms with Crippen LogP contribution in [0.4, 0.5) is 0 Å². The number of amidine groups is 1. The molecule has 0 aliphatic carbocycles. The number of benzene rings is 2. The molecule has 1 amide bonds. The fourth-order valence-electron chi connectivity index (χ4n) is 2.16. The van der Waals surface area contributed by atoms with Crippen LogP contribution in [0.15, 0.2) is 63.6 Å². The van der Waals surface area contributed by atoms with E-state index in [0.29, 0.717) is 10.1 Å². The summed E-state index contributed by atoms with van der Waals surface area (Å²) in [5.41, 5.74) is 1.80. The third-order valence-corrected chi connectivity index (χ3v) is 4.44. The van der Waals surface area contributed by atoms with Gasteiger partial charge in [0, 0.05) is 0 Å². The first-order valence-corrected chi connectivity index (χ1v) is 8.59. The summed E-state index contributed by atoms with van der Waals surface area (Å²) in [6.45, 7) is 0. The standard InChI is InChI=1S/C19H17N3O3S/c1-24-15-7-3-13(4-8-15)11-17-18(23)21-19(26-17)22-20-12-14-5-9-16(25-2)10-6-14/h3-12H,1-2H3,(H,21,22,23)/b17-11+,20-12-. The predicted molar refractivity (Wildman–Crippen MR) is 105 cm³/mol. The lowest BCUT2D eigenvalue weighted by Gasteiger charge is -1.99. The zero-order valence-electron chi connectivity index (χ0n) is 14.3. The van der Waals surface area contributed by atoms with Gasteiger partial charge >= 0.3 is 0 Å². The van der Waals surface area contributed by atoms with Crippen LogP contribution >= 0.6 is 11.8 Å². The number of amides is 1. The van der Waals surface area contributed by atoms with E-state index >= 15 is 0 Å². The molecular formula is C19H17N3O3S. The predicted octanol–water partition coefficient (Wildman–Crippen LogP) is 3.30. The van der Waals surface area contributed by atoms with E-state index in [1.165, 1.54) is 11.8 Å². The first-order valence-electron chi connectivity index (χ1n) is 7.78. The number of rotatable bonds is 5. The highest BCUT2D eigenvalue weighted by Crippen LogP contribution is 2.26. The molecule has 26 heavy (non-hydrogen) atoms. The number of hydrogen-bond acceptors (Lipinski definition) is 6. The fraction of sp³-hybridized carbons (Fsp3) is 0.105. The van der Waals surface area contributed by atoms with Gasteiger partial charge < -0.3 is 9.47 Å². The summed E-state index contributed by atoms with van der Waals surface area (Å²) in [6.07, 6.45) is 3.42. The third-order valence-electron chi connectivity index (χ3n) is 3.54. The Hall–Kier alpha value is -3.06. The highest BCUT2D eigenvalue weighted by molar-refractivity contribution is 8.18. The van der Waals surface area contributed by atoms with E-state index in [4.69, 9.17) is 9.47 Å². The van der Waals surface area contributed by atoms with Gasteiger partial charge in [0.2, 0.25) is 0 Å². The summed E-state index contributed by atoms with van der Waals surface area (Å²) in [4.78, 5) is 12.6. The summed E-state index contributed by atoms with van der Waals surface area (Å²) >= 11 is 1.25. The molecule has 3 rings (SSSR count). The zero-order valence-corrected chi connectivity index (χ0v) is 15.1. The fourth-order valence-corrected chi connectivity index (χ4v) is 2.94. The number of nitrogens with zero attached hydrogens (tertiary/aromatic N) is 2. The van der Waals surface area contributed by atoms with Crippen LogP contribution in [-0.2, 0) is 4.79 Å².